The van der Waals surface area contributed by atoms with Crippen molar-refractivity contribution in [2.24, 2.45) is 0 Å². The standard InChI is InChI=1S/C19H14Cl2F3N3O/c1-11(12-6-8-13(20)9-7-12)25-18(28)16-10-17(19(22,23)24)26-27(16)15-5-3-2-4-14(15)21/h2-11H,1H3,(H,25,28). The largest absolute Gasteiger partial charge is 0.435 e. The van der Waals surface area contributed by atoms with Crippen LogP contribution in [0.4, 0.5) is 13.2 Å². The van der Waals surface area contributed by atoms with E-state index in [4.69, 9.17) is 23.2 Å². The molecule has 28 heavy (non-hydrogen) atoms. The van der Waals surface area contributed by atoms with Crippen LogP contribution in [0, 0.1) is 0 Å². The summed E-state index contributed by atoms with van der Waals surface area (Å²) >= 11 is 11.9. The Morgan fingerprint density at radius 3 is 2.36 bits per heavy atom. The van der Waals surface area contributed by atoms with E-state index in [0.717, 1.165) is 10.2 Å². The van der Waals surface area contributed by atoms with Crippen LogP contribution >= 0.6 is 23.2 Å². The molecule has 1 atom stereocenters. The minimum absolute atomic E-state index is 0.166. The van der Waals surface area contributed by atoms with Crippen molar-refractivity contribution >= 4 is 29.1 Å². The molecule has 0 spiro atoms. The second-order valence-corrected chi connectivity index (χ2v) is 6.87. The molecule has 0 radical (unpaired) electrons. The fourth-order valence-electron chi connectivity index (χ4n) is 2.59. The number of nitrogens with one attached hydrogen (secondary N) is 1. The van der Waals surface area contributed by atoms with Gasteiger partial charge < -0.3 is 5.32 Å². The zero-order chi connectivity index (χ0) is 20.5. The van der Waals surface area contributed by atoms with Crippen molar-refractivity contribution in [3.05, 3.63) is 81.6 Å². The van der Waals surface area contributed by atoms with Crippen LogP contribution in [0.1, 0.15) is 34.7 Å². The molecule has 3 rings (SSSR count). The summed E-state index contributed by atoms with van der Waals surface area (Å²) in [7, 11) is 0. The van der Waals surface area contributed by atoms with Gasteiger partial charge in [0, 0.05) is 11.1 Å². The predicted octanol–water partition coefficient (Wildman–Crippen LogP) is 5.69. The number of aromatic nitrogens is 2. The van der Waals surface area contributed by atoms with E-state index in [1.165, 1.54) is 12.1 Å². The average molecular weight is 428 g/mol. The molecular formula is C19H14Cl2F3N3O. The summed E-state index contributed by atoms with van der Waals surface area (Å²) in [6.07, 6.45) is -4.71. The fourth-order valence-corrected chi connectivity index (χ4v) is 2.94. The Morgan fingerprint density at radius 1 is 1.11 bits per heavy atom. The third-order valence-corrected chi connectivity index (χ3v) is 4.60. The van der Waals surface area contributed by atoms with Crippen molar-refractivity contribution in [2.75, 3.05) is 0 Å². The van der Waals surface area contributed by atoms with Crippen LogP contribution < -0.4 is 5.32 Å². The number of amides is 1. The molecule has 2 aromatic carbocycles. The summed E-state index contributed by atoms with van der Waals surface area (Å²) < 4.78 is 40.4. The number of carbonyl (C=O) groups excluding carboxylic acids is 1. The fraction of sp³-hybridized carbons (Fsp3) is 0.158. The number of para-hydroxylation sites is 1. The van der Waals surface area contributed by atoms with Gasteiger partial charge in [-0.3, -0.25) is 4.79 Å². The molecule has 4 nitrogen and oxygen atoms in total. The molecule has 1 amide bonds. The zero-order valence-corrected chi connectivity index (χ0v) is 16.0. The van der Waals surface area contributed by atoms with Crippen LogP contribution in [0.25, 0.3) is 5.69 Å². The molecule has 3 aromatic rings. The number of carbonyl (C=O) groups is 1. The van der Waals surface area contributed by atoms with Gasteiger partial charge in [-0.2, -0.15) is 18.3 Å². The average Bonchev–Trinajstić information content (AvgIpc) is 3.08. The number of nitrogens with zero attached hydrogens (tertiary/aromatic N) is 2. The molecule has 0 saturated heterocycles. The minimum Gasteiger partial charge on any atom is -0.344 e. The number of rotatable bonds is 4. The maximum absolute atomic E-state index is 13.2. The zero-order valence-electron chi connectivity index (χ0n) is 14.5. The van der Waals surface area contributed by atoms with Crippen LogP contribution in [0.2, 0.25) is 10.0 Å². The third kappa shape index (κ3) is 4.31. The van der Waals surface area contributed by atoms with Crippen LogP contribution in [0.15, 0.2) is 54.6 Å². The lowest BCUT2D eigenvalue weighted by Gasteiger charge is -2.15. The first-order chi connectivity index (χ1) is 13.2. The molecule has 0 bridgehead atoms. The van der Waals surface area contributed by atoms with E-state index in [9.17, 15) is 18.0 Å². The van der Waals surface area contributed by atoms with Gasteiger partial charge in [-0.25, -0.2) is 4.68 Å². The first kappa shape index (κ1) is 20.2. The van der Waals surface area contributed by atoms with Crippen molar-refractivity contribution in [1.29, 1.82) is 0 Å². The van der Waals surface area contributed by atoms with Gasteiger partial charge in [0.15, 0.2) is 5.69 Å². The van der Waals surface area contributed by atoms with Gasteiger partial charge in [0.25, 0.3) is 5.91 Å². The van der Waals surface area contributed by atoms with Crippen molar-refractivity contribution < 1.29 is 18.0 Å². The van der Waals surface area contributed by atoms with Gasteiger partial charge >= 0.3 is 6.18 Å². The second kappa shape index (κ2) is 7.85. The number of benzene rings is 2. The molecule has 0 aliphatic heterocycles. The molecule has 0 aliphatic rings. The Kier molecular flexibility index (Phi) is 5.67. The SMILES string of the molecule is CC(NC(=O)c1cc(C(F)(F)F)nn1-c1ccccc1Cl)c1ccc(Cl)cc1. The molecule has 0 aliphatic carbocycles. The molecular weight excluding hydrogens is 414 g/mol. The highest BCUT2D eigenvalue weighted by Crippen LogP contribution is 2.31. The number of halogens is 5. The van der Waals surface area contributed by atoms with Gasteiger partial charge in [0.05, 0.1) is 16.8 Å². The first-order valence-corrected chi connectivity index (χ1v) is 8.91. The van der Waals surface area contributed by atoms with Crippen molar-refractivity contribution in [2.45, 2.75) is 19.1 Å². The van der Waals surface area contributed by atoms with Crippen molar-refractivity contribution in [1.82, 2.24) is 15.1 Å². The van der Waals surface area contributed by atoms with E-state index in [1.54, 1.807) is 43.3 Å². The molecule has 9 heteroatoms. The van der Waals surface area contributed by atoms with E-state index in [0.29, 0.717) is 11.1 Å². The summed E-state index contributed by atoms with van der Waals surface area (Å²) in [4.78, 5) is 12.7. The lowest BCUT2D eigenvalue weighted by Crippen LogP contribution is -2.28. The molecule has 1 unspecified atom stereocenters. The Morgan fingerprint density at radius 2 is 1.75 bits per heavy atom. The molecule has 0 saturated carbocycles. The van der Waals surface area contributed by atoms with Gasteiger partial charge in [0.1, 0.15) is 5.69 Å². The van der Waals surface area contributed by atoms with E-state index in [1.807, 2.05) is 0 Å². The van der Waals surface area contributed by atoms with Crippen LogP contribution in [0.5, 0.6) is 0 Å². The lowest BCUT2D eigenvalue weighted by atomic mass is 10.1. The van der Waals surface area contributed by atoms with Crippen LogP contribution in [0.3, 0.4) is 0 Å². The molecule has 0 fully saturated rings. The van der Waals surface area contributed by atoms with Gasteiger partial charge in [-0.1, -0.05) is 47.5 Å². The highest BCUT2D eigenvalue weighted by atomic mass is 35.5. The molecule has 1 aromatic heterocycles. The van der Waals surface area contributed by atoms with E-state index >= 15 is 0 Å². The lowest BCUT2D eigenvalue weighted by molar-refractivity contribution is -0.141. The number of alkyl halides is 3. The monoisotopic (exact) mass is 427 g/mol. The highest BCUT2D eigenvalue weighted by molar-refractivity contribution is 6.32. The summed E-state index contributed by atoms with van der Waals surface area (Å²) in [6, 6.07) is 13.2. The van der Waals surface area contributed by atoms with Crippen LogP contribution in [-0.2, 0) is 6.18 Å². The summed E-state index contributed by atoms with van der Waals surface area (Å²) in [5, 5.41) is 6.93. The summed E-state index contributed by atoms with van der Waals surface area (Å²) in [6.45, 7) is 1.71. The van der Waals surface area contributed by atoms with Gasteiger partial charge in [-0.05, 0) is 36.8 Å². The second-order valence-electron chi connectivity index (χ2n) is 6.02. The van der Waals surface area contributed by atoms with E-state index in [2.05, 4.69) is 10.4 Å². The van der Waals surface area contributed by atoms with E-state index < -0.39 is 23.8 Å². The highest BCUT2D eigenvalue weighted by Gasteiger charge is 2.36. The van der Waals surface area contributed by atoms with Crippen molar-refractivity contribution in [3.63, 3.8) is 0 Å². The maximum atomic E-state index is 13.2. The predicted molar refractivity (Wildman–Crippen MR) is 101 cm³/mol. The quantitative estimate of drug-likeness (QED) is 0.581. The summed E-state index contributed by atoms with van der Waals surface area (Å²) in [5.74, 6) is -0.717. The Balaban J connectivity index is 1.97. The van der Waals surface area contributed by atoms with Gasteiger partial charge in [0.2, 0.25) is 0 Å². The first-order valence-electron chi connectivity index (χ1n) is 8.15. The third-order valence-electron chi connectivity index (χ3n) is 4.03. The molecule has 146 valence electrons. The smallest absolute Gasteiger partial charge is 0.344 e. The maximum Gasteiger partial charge on any atom is 0.435 e. The van der Waals surface area contributed by atoms with E-state index in [-0.39, 0.29) is 16.4 Å². The molecule has 1 heterocycles. The summed E-state index contributed by atoms with van der Waals surface area (Å²) in [5.41, 5.74) is -0.542. The molecule has 1 N–H and O–H groups in total. The van der Waals surface area contributed by atoms with Crippen LogP contribution in [-0.4, -0.2) is 15.7 Å². The Bertz CT molecular complexity index is 1000. The Labute approximate surface area is 168 Å². The number of hydrogen-bond acceptors (Lipinski definition) is 2. The Hall–Kier alpha value is -2.51. The normalized spacial score (nSPS) is 12.6. The van der Waals surface area contributed by atoms with Gasteiger partial charge in [-0.15, -0.1) is 0 Å². The topological polar surface area (TPSA) is 46.9 Å². The minimum atomic E-state index is -4.71. The van der Waals surface area contributed by atoms with Crippen molar-refractivity contribution in [3.8, 4) is 5.69 Å². The number of hydrogen-bond donors (Lipinski definition) is 1.